The lowest BCUT2D eigenvalue weighted by Crippen LogP contribution is -2.04. The molecule has 1 heterocycles. The number of thioether (sulfide) groups is 1. The van der Waals surface area contributed by atoms with E-state index < -0.39 is 5.97 Å². The van der Waals surface area contributed by atoms with Gasteiger partial charge in [-0.2, -0.15) is 0 Å². The van der Waals surface area contributed by atoms with Crippen molar-refractivity contribution in [2.24, 2.45) is 5.92 Å². The third-order valence-corrected chi connectivity index (χ3v) is 3.63. The summed E-state index contributed by atoms with van der Waals surface area (Å²) >= 11 is 1.01. The van der Waals surface area contributed by atoms with E-state index in [0.717, 1.165) is 23.1 Å². The Balaban J connectivity index is 2.11. The zero-order chi connectivity index (χ0) is 16.8. The van der Waals surface area contributed by atoms with E-state index in [1.807, 2.05) is 24.3 Å². The molecule has 0 spiro atoms. The molecule has 2 aromatic rings. The molecular weight excluding hydrogens is 314 g/mol. The van der Waals surface area contributed by atoms with E-state index in [1.54, 1.807) is 13.0 Å². The Bertz CT molecular complexity index is 693. The van der Waals surface area contributed by atoms with Gasteiger partial charge in [0.15, 0.2) is 0 Å². The normalized spacial score (nSPS) is 11.7. The first-order chi connectivity index (χ1) is 10.9. The lowest BCUT2D eigenvalue weighted by atomic mass is 10.2. The zero-order valence-electron chi connectivity index (χ0n) is 13.2. The van der Waals surface area contributed by atoms with Gasteiger partial charge in [-0.1, -0.05) is 26.0 Å². The second-order valence-corrected chi connectivity index (χ2v) is 6.40. The number of rotatable bonds is 7. The first-order valence-corrected chi connectivity index (χ1v) is 8.00. The highest BCUT2D eigenvalue weighted by Crippen LogP contribution is 2.26. The number of benzene rings is 1. The number of carboxylic acids is 1. The fourth-order valence-electron chi connectivity index (χ4n) is 1.68. The lowest BCUT2D eigenvalue weighted by molar-refractivity contribution is -0.131. The number of aromatic amines is 1. The number of ether oxygens (including phenoxy) is 1. The van der Waals surface area contributed by atoms with E-state index in [9.17, 15) is 9.90 Å². The number of nitrogens with zero attached hydrogens (tertiary/aromatic N) is 2. The zero-order valence-corrected chi connectivity index (χ0v) is 14.1. The summed E-state index contributed by atoms with van der Waals surface area (Å²) in [7, 11) is 0. The summed E-state index contributed by atoms with van der Waals surface area (Å²) in [6.07, 6.45) is 1.59. The molecule has 1 aromatic heterocycles. The smallest absolute Gasteiger partial charge is 0.342 e. The number of aryl methyl sites for hydroxylation is 1. The Kier molecular flexibility index (Phi) is 5.81. The highest BCUT2D eigenvalue weighted by Gasteiger charge is 2.13. The number of aromatic nitrogens is 3. The van der Waals surface area contributed by atoms with Crippen molar-refractivity contribution in [3.63, 3.8) is 0 Å². The van der Waals surface area contributed by atoms with Crippen molar-refractivity contribution >= 4 is 23.8 Å². The van der Waals surface area contributed by atoms with Crippen molar-refractivity contribution in [2.45, 2.75) is 25.9 Å². The van der Waals surface area contributed by atoms with Crippen molar-refractivity contribution in [3.8, 4) is 5.75 Å². The van der Waals surface area contributed by atoms with Gasteiger partial charge in [0.2, 0.25) is 5.16 Å². The second-order valence-electron chi connectivity index (χ2n) is 5.39. The summed E-state index contributed by atoms with van der Waals surface area (Å²) in [5.41, 5.74) is 0.777. The molecule has 0 saturated heterocycles. The Morgan fingerprint density at radius 2 is 2.09 bits per heavy atom. The average molecular weight is 333 g/mol. The molecule has 0 aliphatic heterocycles. The fourth-order valence-corrected chi connectivity index (χ4v) is 2.43. The molecule has 0 bridgehead atoms. The van der Waals surface area contributed by atoms with Gasteiger partial charge in [-0.3, -0.25) is 5.10 Å². The minimum absolute atomic E-state index is 0.153. The highest BCUT2D eigenvalue weighted by atomic mass is 32.2. The summed E-state index contributed by atoms with van der Waals surface area (Å²) in [6.45, 7) is 6.57. The molecule has 0 atom stereocenters. The Labute approximate surface area is 139 Å². The number of carbonyl (C=O) groups is 1. The first kappa shape index (κ1) is 17.1. The summed E-state index contributed by atoms with van der Waals surface area (Å²) in [6, 6.07) is 7.30. The van der Waals surface area contributed by atoms with Crippen LogP contribution in [0.1, 0.15) is 25.2 Å². The Morgan fingerprint density at radius 1 is 1.39 bits per heavy atom. The minimum Gasteiger partial charge on any atom is -0.493 e. The molecule has 2 N–H and O–H groups in total. The molecule has 0 radical (unpaired) electrons. The van der Waals surface area contributed by atoms with Crippen LogP contribution in [0.15, 0.2) is 34.3 Å². The molecule has 122 valence electrons. The highest BCUT2D eigenvalue weighted by molar-refractivity contribution is 8.04. The predicted octanol–water partition coefficient (Wildman–Crippen LogP) is 3.37. The third-order valence-electron chi connectivity index (χ3n) is 2.75. The average Bonchev–Trinajstić information content (AvgIpc) is 2.91. The molecule has 0 fully saturated rings. The van der Waals surface area contributed by atoms with Crippen LogP contribution in [0.3, 0.4) is 0 Å². The van der Waals surface area contributed by atoms with Gasteiger partial charge in [0.05, 0.1) is 6.61 Å². The van der Waals surface area contributed by atoms with E-state index in [-0.39, 0.29) is 4.91 Å². The van der Waals surface area contributed by atoms with Crippen LogP contribution in [-0.2, 0) is 4.79 Å². The van der Waals surface area contributed by atoms with Crippen LogP contribution in [0, 0.1) is 12.8 Å². The summed E-state index contributed by atoms with van der Waals surface area (Å²) in [5.74, 6) is 0.848. The number of aliphatic carboxylic acids is 1. The number of hydrogen-bond acceptors (Lipinski definition) is 5. The Morgan fingerprint density at radius 3 is 2.61 bits per heavy atom. The van der Waals surface area contributed by atoms with Crippen molar-refractivity contribution in [2.75, 3.05) is 6.61 Å². The van der Waals surface area contributed by atoms with Gasteiger partial charge in [-0.15, -0.1) is 5.10 Å². The molecule has 0 saturated carbocycles. The van der Waals surface area contributed by atoms with Crippen LogP contribution < -0.4 is 4.74 Å². The van der Waals surface area contributed by atoms with Gasteiger partial charge >= 0.3 is 5.97 Å². The topological polar surface area (TPSA) is 88.1 Å². The maximum Gasteiger partial charge on any atom is 0.342 e. The SMILES string of the molecule is Cc1nc(S/C(=C\c2ccc(OCC(C)C)cc2)C(=O)O)n[nH]1. The van der Waals surface area contributed by atoms with Gasteiger partial charge in [0, 0.05) is 0 Å². The summed E-state index contributed by atoms with van der Waals surface area (Å²) in [4.78, 5) is 15.6. The standard InChI is InChI=1S/C16H19N3O3S/c1-10(2)9-22-13-6-4-12(5-7-13)8-14(15(20)21)23-16-17-11(3)18-19-16/h4-8,10H,9H2,1-3H3,(H,20,21)(H,17,18,19)/b14-8-. The molecule has 0 aliphatic carbocycles. The molecular formula is C16H19N3O3S. The maximum atomic E-state index is 11.4. The van der Waals surface area contributed by atoms with Crippen molar-refractivity contribution in [3.05, 3.63) is 40.6 Å². The van der Waals surface area contributed by atoms with Crippen LogP contribution in [0.25, 0.3) is 6.08 Å². The summed E-state index contributed by atoms with van der Waals surface area (Å²) < 4.78 is 5.61. The third kappa shape index (κ3) is 5.45. The molecule has 0 unspecified atom stereocenters. The number of nitrogens with one attached hydrogen (secondary N) is 1. The van der Waals surface area contributed by atoms with E-state index in [2.05, 4.69) is 29.0 Å². The van der Waals surface area contributed by atoms with Crippen molar-refractivity contribution in [1.82, 2.24) is 15.2 Å². The lowest BCUT2D eigenvalue weighted by Gasteiger charge is -2.08. The quantitative estimate of drug-likeness (QED) is 0.596. The minimum atomic E-state index is -1.02. The van der Waals surface area contributed by atoms with Crippen LogP contribution >= 0.6 is 11.8 Å². The maximum absolute atomic E-state index is 11.4. The number of H-pyrrole nitrogens is 1. The van der Waals surface area contributed by atoms with Gasteiger partial charge in [-0.05, 0) is 48.4 Å². The molecule has 6 nitrogen and oxygen atoms in total. The van der Waals surface area contributed by atoms with E-state index in [4.69, 9.17) is 4.74 Å². The number of carboxylic acid groups (broad SMARTS) is 1. The summed E-state index contributed by atoms with van der Waals surface area (Å²) in [5, 5.41) is 16.3. The molecule has 23 heavy (non-hydrogen) atoms. The second kappa shape index (κ2) is 7.82. The van der Waals surface area contributed by atoms with Crippen molar-refractivity contribution < 1.29 is 14.6 Å². The molecule has 1 aromatic carbocycles. The van der Waals surface area contributed by atoms with Gasteiger partial charge in [-0.25, -0.2) is 9.78 Å². The van der Waals surface area contributed by atoms with Crippen LogP contribution in [-0.4, -0.2) is 32.9 Å². The fraction of sp³-hybridized carbons (Fsp3) is 0.312. The van der Waals surface area contributed by atoms with E-state index >= 15 is 0 Å². The predicted molar refractivity (Wildman–Crippen MR) is 89.4 cm³/mol. The van der Waals surface area contributed by atoms with Crippen LogP contribution in [0.4, 0.5) is 0 Å². The van der Waals surface area contributed by atoms with Crippen molar-refractivity contribution in [1.29, 1.82) is 0 Å². The van der Waals surface area contributed by atoms with E-state index in [0.29, 0.717) is 23.5 Å². The van der Waals surface area contributed by atoms with Gasteiger partial charge in [0.25, 0.3) is 0 Å². The first-order valence-electron chi connectivity index (χ1n) is 7.18. The molecule has 0 amide bonds. The molecule has 0 aliphatic rings. The van der Waals surface area contributed by atoms with Crippen LogP contribution in [0.5, 0.6) is 5.75 Å². The van der Waals surface area contributed by atoms with E-state index in [1.165, 1.54) is 0 Å². The largest absolute Gasteiger partial charge is 0.493 e. The van der Waals surface area contributed by atoms with Gasteiger partial charge < -0.3 is 9.84 Å². The van der Waals surface area contributed by atoms with Crippen LogP contribution in [0.2, 0.25) is 0 Å². The molecule has 7 heteroatoms. The Hall–Kier alpha value is -2.28. The monoisotopic (exact) mass is 333 g/mol. The number of hydrogen-bond donors (Lipinski definition) is 2. The van der Waals surface area contributed by atoms with Gasteiger partial charge in [0.1, 0.15) is 16.5 Å². The molecule has 2 rings (SSSR count).